The summed E-state index contributed by atoms with van der Waals surface area (Å²) < 4.78 is 20.3. The van der Waals surface area contributed by atoms with Gasteiger partial charge in [0, 0.05) is 44.8 Å². The summed E-state index contributed by atoms with van der Waals surface area (Å²) in [6.45, 7) is 2.45. The van der Waals surface area contributed by atoms with Crippen molar-refractivity contribution in [3.63, 3.8) is 0 Å². The van der Waals surface area contributed by atoms with Crippen molar-refractivity contribution in [1.29, 1.82) is 0 Å². The lowest BCUT2D eigenvalue weighted by Crippen LogP contribution is -2.61. The third-order valence-corrected chi connectivity index (χ3v) is 5.45. The highest BCUT2D eigenvalue weighted by atomic mass is 19.1. The van der Waals surface area contributed by atoms with E-state index in [0.717, 1.165) is 18.4 Å². The summed E-state index contributed by atoms with van der Waals surface area (Å²) in [5.74, 6) is 0.0851. The van der Waals surface area contributed by atoms with Gasteiger partial charge in [-0.15, -0.1) is 0 Å². The fourth-order valence-corrected chi connectivity index (χ4v) is 3.66. The Morgan fingerprint density at radius 3 is 2.59 bits per heavy atom. The molecule has 1 aromatic heterocycles. The SMILES string of the molecule is CN(C(=O)C1CCOCC1)C1CN(c2ncnc(-c3ccccc3)c2F)C1. The minimum atomic E-state index is -0.416. The molecule has 0 aliphatic carbocycles. The summed E-state index contributed by atoms with van der Waals surface area (Å²) in [4.78, 5) is 24.5. The van der Waals surface area contributed by atoms with E-state index in [9.17, 15) is 9.18 Å². The van der Waals surface area contributed by atoms with E-state index in [1.54, 1.807) is 0 Å². The number of benzene rings is 1. The molecule has 0 radical (unpaired) electrons. The van der Waals surface area contributed by atoms with Crippen LogP contribution >= 0.6 is 0 Å². The molecule has 0 bridgehead atoms. The van der Waals surface area contributed by atoms with Gasteiger partial charge in [-0.2, -0.15) is 0 Å². The van der Waals surface area contributed by atoms with Gasteiger partial charge in [-0.3, -0.25) is 4.79 Å². The predicted octanol–water partition coefficient (Wildman–Crippen LogP) is 2.36. The highest BCUT2D eigenvalue weighted by molar-refractivity contribution is 5.79. The number of anilines is 1. The standard InChI is InChI=1S/C20H23FN4O2/c1-24(20(26)15-7-9-27-10-8-15)16-11-25(12-16)19-17(21)18(22-13-23-19)14-5-3-2-4-6-14/h2-6,13,15-16H,7-12H2,1H3. The first-order chi connectivity index (χ1) is 13.1. The normalized spacial score (nSPS) is 18.2. The molecular weight excluding hydrogens is 347 g/mol. The maximum absolute atomic E-state index is 14.9. The average Bonchev–Trinajstić information content (AvgIpc) is 2.69. The van der Waals surface area contributed by atoms with Gasteiger partial charge in [-0.1, -0.05) is 30.3 Å². The fourth-order valence-electron chi connectivity index (χ4n) is 3.66. The largest absolute Gasteiger partial charge is 0.381 e. The van der Waals surface area contributed by atoms with Crippen molar-refractivity contribution in [3.8, 4) is 11.3 Å². The molecule has 0 atom stereocenters. The number of ether oxygens (including phenoxy) is 1. The Morgan fingerprint density at radius 1 is 1.19 bits per heavy atom. The molecule has 0 unspecified atom stereocenters. The lowest BCUT2D eigenvalue weighted by atomic mass is 9.97. The Bertz CT molecular complexity index is 805. The smallest absolute Gasteiger partial charge is 0.225 e. The van der Waals surface area contributed by atoms with Gasteiger partial charge in [-0.25, -0.2) is 14.4 Å². The summed E-state index contributed by atoms with van der Waals surface area (Å²) >= 11 is 0. The molecule has 2 aliphatic rings. The quantitative estimate of drug-likeness (QED) is 0.827. The Labute approximate surface area is 158 Å². The second-order valence-corrected chi connectivity index (χ2v) is 7.12. The molecule has 3 heterocycles. The van der Waals surface area contributed by atoms with Crippen molar-refractivity contribution in [2.45, 2.75) is 18.9 Å². The number of carbonyl (C=O) groups is 1. The van der Waals surface area contributed by atoms with Gasteiger partial charge in [0.2, 0.25) is 5.91 Å². The molecule has 27 heavy (non-hydrogen) atoms. The van der Waals surface area contributed by atoms with Crippen LogP contribution in [0.3, 0.4) is 0 Å². The molecule has 0 N–H and O–H groups in total. The first kappa shape index (κ1) is 17.9. The van der Waals surface area contributed by atoms with E-state index >= 15 is 0 Å². The number of hydrogen-bond acceptors (Lipinski definition) is 5. The van der Waals surface area contributed by atoms with E-state index in [4.69, 9.17) is 4.74 Å². The second kappa shape index (κ2) is 7.60. The zero-order valence-electron chi connectivity index (χ0n) is 15.3. The van der Waals surface area contributed by atoms with Crippen LogP contribution in [-0.4, -0.2) is 60.2 Å². The molecule has 2 fully saturated rings. The molecule has 2 aliphatic heterocycles. The molecule has 2 saturated heterocycles. The zero-order chi connectivity index (χ0) is 18.8. The molecule has 0 spiro atoms. The monoisotopic (exact) mass is 370 g/mol. The molecule has 4 rings (SSSR count). The molecule has 0 saturated carbocycles. The molecular formula is C20H23FN4O2. The van der Waals surface area contributed by atoms with Crippen LogP contribution in [0.2, 0.25) is 0 Å². The molecule has 1 aromatic carbocycles. The third-order valence-electron chi connectivity index (χ3n) is 5.45. The number of hydrogen-bond donors (Lipinski definition) is 0. The maximum atomic E-state index is 14.9. The second-order valence-electron chi connectivity index (χ2n) is 7.12. The Morgan fingerprint density at radius 2 is 1.89 bits per heavy atom. The van der Waals surface area contributed by atoms with Crippen LogP contribution in [0.25, 0.3) is 11.3 Å². The van der Waals surface area contributed by atoms with Crippen molar-refractivity contribution in [2.75, 3.05) is 38.3 Å². The highest BCUT2D eigenvalue weighted by Gasteiger charge is 2.37. The highest BCUT2D eigenvalue weighted by Crippen LogP contribution is 2.30. The van der Waals surface area contributed by atoms with Gasteiger partial charge < -0.3 is 14.5 Å². The number of nitrogens with zero attached hydrogens (tertiary/aromatic N) is 4. The Hall–Kier alpha value is -2.54. The van der Waals surface area contributed by atoms with Gasteiger partial charge >= 0.3 is 0 Å². The minimum Gasteiger partial charge on any atom is -0.381 e. The Kier molecular flexibility index (Phi) is 5.03. The van der Waals surface area contributed by atoms with E-state index in [2.05, 4.69) is 9.97 Å². The van der Waals surface area contributed by atoms with Gasteiger partial charge in [0.05, 0.1) is 6.04 Å². The summed E-state index contributed by atoms with van der Waals surface area (Å²) in [5.41, 5.74) is 1.03. The van der Waals surface area contributed by atoms with Crippen LogP contribution < -0.4 is 4.90 Å². The van der Waals surface area contributed by atoms with E-state index < -0.39 is 5.82 Å². The van der Waals surface area contributed by atoms with Crippen LogP contribution in [0.1, 0.15) is 12.8 Å². The predicted molar refractivity (Wildman–Crippen MR) is 99.7 cm³/mol. The first-order valence-electron chi connectivity index (χ1n) is 9.30. The van der Waals surface area contributed by atoms with Crippen LogP contribution in [0.4, 0.5) is 10.2 Å². The van der Waals surface area contributed by atoms with Crippen LogP contribution in [0.5, 0.6) is 0 Å². The third kappa shape index (κ3) is 3.51. The summed E-state index contributed by atoms with van der Waals surface area (Å²) in [5, 5.41) is 0. The number of rotatable bonds is 4. The number of halogens is 1. The molecule has 142 valence electrons. The van der Waals surface area contributed by atoms with E-state index in [1.165, 1.54) is 6.33 Å². The number of aromatic nitrogens is 2. The van der Waals surface area contributed by atoms with Crippen molar-refractivity contribution >= 4 is 11.7 Å². The zero-order valence-corrected chi connectivity index (χ0v) is 15.3. The van der Waals surface area contributed by atoms with Crippen molar-refractivity contribution in [2.24, 2.45) is 5.92 Å². The lowest BCUT2D eigenvalue weighted by molar-refractivity contribution is -0.139. The Balaban J connectivity index is 1.43. The van der Waals surface area contributed by atoms with Crippen LogP contribution in [-0.2, 0) is 9.53 Å². The molecule has 7 heteroatoms. The van der Waals surface area contributed by atoms with Crippen molar-refractivity contribution in [1.82, 2.24) is 14.9 Å². The topological polar surface area (TPSA) is 58.6 Å². The average molecular weight is 370 g/mol. The lowest BCUT2D eigenvalue weighted by Gasteiger charge is -2.45. The van der Waals surface area contributed by atoms with Gasteiger partial charge in [-0.05, 0) is 12.8 Å². The molecule has 6 nitrogen and oxygen atoms in total. The fraction of sp³-hybridized carbons (Fsp3) is 0.450. The maximum Gasteiger partial charge on any atom is 0.225 e. The van der Waals surface area contributed by atoms with Crippen molar-refractivity contribution in [3.05, 3.63) is 42.5 Å². The van der Waals surface area contributed by atoms with E-state index in [0.29, 0.717) is 37.8 Å². The number of amides is 1. The summed E-state index contributed by atoms with van der Waals surface area (Å²) in [6.07, 6.45) is 2.95. The van der Waals surface area contributed by atoms with E-state index in [1.807, 2.05) is 47.2 Å². The summed E-state index contributed by atoms with van der Waals surface area (Å²) in [6, 6.07) is 9.33. The minimum absolute atomic E-state index is 0.0401. The van der Waals surface area contributed by atoms with Crippen LogP contribution in [0.15, 0.2) is 36.7 Å². The van der Waals surface area contributed by atoms with Gasteiger partial charge in [0.25, 0.3) is 0 Å². The number of likely N-dealkylation sites (N-methyl/N-ethyl adjacent to an activating group) is 1. The van der Waals surface area contributed by atoms with E-state index in [-0.39, 0.29) is 17.9 Å². The van der Waals surface area contributed by atoms with Crippen LogP contribution in [0, 0.1) is 11.7 Å². The van der Waals surface area contributed by atoms with Crippen molar-refractivity contribution < 1.29 is 13.9 Å². The first-order valence-corrected chi connectivity index (χ1v) is 9.30. The molecule has 1 amide bonds. The van der Waals surface area contributed by atoms with Gasteiger partial charge in [0.1, 0.15) is 12.0 Å². The number of carbonyl (C=O) groups excluding carboxylic acids is 1. The van der Waals surface area contributed by atoms with Gasteiger partial charge in [0.15, 0.2) is 11.6 Å². The molecule has 2 aromatic rings. The summed E-state index contributed by atoms with van der Waals surface area (Å²) in [7, 11) is 1.84.